The zero-order valence-electron chi connectivity index (χ0n) is 38.3. The molecule has 0 aromatic heterocycles. The summed E-state index contributed by atoms with van der Waals surface area (Å²) in [6.07, 6.45) is 24.0. The Morgan fingerprint density at radius 2 is 1.27 bits per heavy atom. The monoisotopic (exact) mass is 941 g/mol. The third kappa shape index (κ3) is 33.3. The van der Waals surface area contributed by atoms with Crippen molar-refractivity contribution < 1.29 is 76.6 Å². The number of hydrogen-bond acceptors (Lipinski definition) is 13. The van der Waals surface area contributed by atoms with Crippen molar-refractivity contribution in [2.45, 2.75) is 199 Å². The lowest BCUT2D eigenvalue weighted by atomic mass is 9.90. The number of ketones is 1. The van der Waals surface area contributed by atoms with E-state index >= 15 is 0 Å². The van der Waals surface area contributed by atoms with Crippen LogP contribution < -0.4 is 0 Å². The van der Waals surface area contributed by atoms with Crippen molar-refractivity contribution in [3.05, 3.63) is 24.3 Å². The number of hydrogen-bond donors (Lipinski definition) is 6. The second-order valence-corrected chi connectivity index (χ2v) is 20.0. The second-order valence-electron chi connectivity index (χ2n) is 17.3. The zero-order valence-corrected chi connectivity index (χ0v) is 40.1. The van der Waals surface area contributed by atoms with Gasteiger partial charge in [-0.2, -0.15) is 0 Å². The van der Waals surface area contributed by atoms with Crippen molar-refractivity contribution in [1.29, 1.82) is 0 Å². The first kappa shape index (κ1) is 59.2. The Morgan fingerprint density at radius 3 is 1.87 bits per heavy atom. The van der Waals surface area contributed by atoms with E-state index in [1.54, 1.807) is 12.2 Å². The highest BCUT2D eigenvalue weighted by atomic mass is 31.2. The van der Waals surface area contributed by atoms with E-state index < -0.39 is 90.3 Å². The maximum Gasteiger partial charge on any atom is 0.472 e. The number of phosphoric acid groups is 2. The van der Waals surface area contributed by atoms with Crippen molar-refractivity contribution in [2.75, 3.05) is 26.4 Å². The molecule has 16 nitrogen and oxygen atoms in total. The number of aliphatic hydroxyl groups excluding tert-OH is 3. The highest BCUT2D eigenvalue weighted by Gasteiger charge is 2.39. The number of ether oxygens (including phenoxy) is 2. The summed E-state index contributed by atoms with van der Waals surface area (Å²) in [5.74, 6) is -1.30. The molecule has 0 saturated heterocycles. The van der Waals surface area contributed by atoms with Crippen LogP contribution in [0.3, 0.4) is 0 Å². The molecule has 1 aliphatic rings. The predicted molar refractivity (Wildman–Crippen MR) is 240 cm³/mol. The van der Waals surface area contributed by atoms with E-state index in [-0.39, 0.29) is 25.0 Å². The van der Waals surface area contributed by atoms with Gasteiger partial charge in [0.25, 0.3) is 0 Å². The zero-order chi connectivity index (χ0) is 46.9. The van der Waals surface area contributed by atoms with Gasteiger partial charge in [0.15, 0.2) is 6.10 Å². The average molecular weight is 941 g/mol. The summed E-state index contributed by atoms with van der Waals surface area (Å²) < 4.78 is 47.8. The van der Waals surface area contributed by atoms with Crippen LogP contribution in [0.15, 0.2) is 24.3 Å². The molecule has 6 N–H and O–H groups in total. The van der Waals surface area contributed by atoms with E-state index in [1.807, 2.05) is 12.2 Å². The van der Waals surface area contributed by atoms with Gasteiger partial charge in [0.2, 0.25) is 0 Å². The first-order chi connectivity index (χ1) is 29.9. The Balaban J connectivity index is 2.54. The minimum Gasteiger partial charge on any atom is -0.462 e. The molecule has 0 amide bonds. The van der Waals surface area contributed by atoms with Crippen LogP contribution >= 0.6 is 15.6 Å². The van der Waals surface area contributed by atoms with Crippen LogP contribution in [0.5, 0.6) is 0 Å². The van der Waals surface area contributed by atoms with Crippen LogP contribution in [0.2, 0.25) is 0 Å². The number of phosphoric ester groups is 2. The number of rotatable bonds is 40. The summed E-state index contributed by atoms with van der Waals surface area (Å²) in [5, 5.41) is 30.5. The summed E-state index contributed by atoms with van der Waals surface area (Å²) in [7, 11) is -9.78. The van der Waals surface area contributed by atoms with Crippen molar-refractivity contribution in [3.63, 3.8) is 0 Å². The summed E-state index contributed by atoms with van der Waals surface area (Å²) in [5.41, 5.74) is 0. The van der Waals surface area contributed by atoms with Gasteiger partial charge in [0.1, 0.15) is 18.5 Å². The molecule has 1 fully saturated rings. The molecule has 0 heterocycles. The van der Waals surface area contributed by atoms with Gasteiger partial charge in [0.05, 0.1) is 32.0 Å². The van der Waals surface area contributed by atoms with E-state index in [9.17, 15) is 43.7 Å². The average Bonchev–Trinajstić information content (AvgIpc) is 3.49. The molecule has 368 valence electrons. The van der Waals surface area contributed by atoms with Crippen molar-refractivity contribution in [3.8, 4) is 0 Å². The Labute approximate surface area is 376 Å². The molecule has 1 saturated carbocycles. The van der Waals surface area contributed by atoms with Crippen LogP contribution in [0, 0.1) is 17.8 Å². The molecule has 0 spiro atoms. The summed E-state index contributed by atoms with van der Waals surface area (Å²) in [6, 6.07) is 0. The van der Waals surface area contributed by atoms with Gasteiger partial charge in [0, 0.05) is 31.1 Å². The minimum absolute atomic E-state index is 0.0487. The second kappa shape index (κ2) is 35.4. The van der Waals surface area contributed by atoms with Crippen LogP contribution in [-0.4, -0.2) is 98.6 Å². The smallest absolute Gasteiger partial charge is 0.462 e. The van der Waals surface area contributed by atoms with Crippen molar-refractivity contribution >= 4 is 33.4 Å². The molecule has 1 aliphatic carbocycles. The van der Waals surface area contributed by atoms with E-state index in [0.29, 0.717) is 32.1 Å². The van der Waals surface area contributed by atoms with Gasteiger partial charge in [-0.05, 0) is 38.0 Å². The largest absolute Gasteiger partial charge is 0.472 e. The molecule has 7 atom stereocenters. The first-order valence-corrected chi connectivity index (χ1v) is 26.5. The SMILES string of the molecule is CCCCC[C@H](O)/C=C/[C@H]1[C@H](O)CC(=O)[C@@H]1C/C=C\CCCC(=O)O[C@H](COC(=O)CCCCCCCCCCCCCCCC(C)C)COP(=O)(O)OC[C@@H](O)COP(=O)(O)O. The van der Waals surface area contributed by atoms with Crippen molar-refractivity contribution in [2.24, 2.45) is 17.8 Å². The fourth-order valence-corrected chi connectivity index (χ4v) is 8.38. The van der Waals surface area contributed by atoms with Gasteiger partial charge in [-0.15, -0.1) is 0 Å². The van der Waals surface area contributed by atoms with Gasteiger partial charge in [-0.25, -0.2) is 9.13 Å². The summed E-state index contributed by atoms with van der Waals surface area (Å²) in [6.45, 7) is 3.68. The van der Waals surface area contributed by atoms with Crippen molar-refractivity contribution in [1.82, 2.24) is 0 Å². The topological polar surface area (TPSA) is 253 Å². The standard InChI is InChI=1S/C45H82O16P2/c1-4-5-19-25-37(46)29-30-41-40(42(48)31-43(41)49)26-21-17-18-23-28-45(51)61-39(35-60-63(55,56)59-33-38(47)32-58-62(52,53)54)34-57-44(50)27-22-16-14-12-10-8-6-7-9-11-13-15-20-24-36(2)3/h17,21,29-30,36-41,43,46-47,49H,4-16,18-20,22-28,31-35H2,1-3H3,(H,55,56)(H2,52,53,54)/b21-17-,30-29+/t37-,38-,39+,40+,41+,43+/m0/s1. The molecular weight excluding hydrogens is 858 g/mol. The lowest BCUT2D eigenvalue weighted by Gasteiger charge is -2.20. The van der Waals surface area contributed by atoms with Gasteiger partial charge in [-0.3, -0.25) is 28.0 Å². The molecule has 18 heteroatoms. The number of allylic oxidation sites excluding steroid dienone is 2. The Morgan fingerprint density at radius 1 is 0.714 bits per heavy atom. The van der Waals surface area contributed by atoms with Gasteiger partial charge >= 0.3 is 27.6 Å². The number of aliphatic hydroxyl groups is 3. The molecular formula is C45H82O16P2. The number of esters is 2. The van der Waals surface area contributed by atoms with Gasteiger partial charge in [-0.1, -0.05) is 148 Å². The number of Topliss-reactive ketones (excluding diaryl/α,β-unsaturated/α-hetero) is 1. The molecule has 0 aromatic carbocycles. The molecule has 0 radical (unpaired) electrons. The van der Waals surface area contributed by atoms with Gasteiger partial charge < -0.3 is 39.5 Å². The Kier molecular flexibility index (Phi) is 33.3. The molecule has 1 unspecified atom stereocenters. The fraction of sp³-hybridized carbons (Fsp3) is 0.844. The highest BCUT2D eigenvalue weighted by molar-refractivity contribution is 7.47. The maximum absolute atomic E-state index is 12.8. The number of carbonyl (C=O) groups excluding carboxylic acids is 3. The highest BCUT2D eigenvalue weighted by Crippen LogP contribution is 2.44. The molecule has 0 aliphatic heterocycles. The molecule has 63 heavy (non-hydrogen) atoms. The van der Waals surface area contributed by atoms with E-state index in [1.165, 1.54) is 57.8 Å². The lowest BCUT2D eigenvalue weighted by Crippen LogP contribution is -2.29. The fourth-order valence-electron chi connectivity index (χ4n) is 7.22. The molecule has 1 rings (SSSR count). The Hall–Kier alpha value is -1.81. The molecule has 0 bridgehead atoms. The third-order valence-corrected chi connectivity index (χ3v) is 12.3. The third-order valence-electron chi connectivity index (χ3n) is 10.9. The maximum atomic E-state index is 12.8. The van der Waals surface area contributed by atoms with E-state index in [2.05, 4.69) is 29.8 Å². The van der Waals surface area contributed by atoms with Crippen LogP contribution in [0.4, 0.5) is 0 Å². The first-order valence-electron chi connectivity index (χ1n) is 23.5. The lowest BCUT2D eigenvalue weighted by molar-refractivity contribution is -0.161. The van der Waals surface area contributed by atoms with E-state index in [0.717, 1.165) is 50.9 Å². The summed E-state index contributed by atoms with van der Waals surface area (Å²) in [4.78, 5) is 65.6. The summed E-state index contributed by atoms with van der Waals surface area (Å²) >= 11 is 0. The Bertz CT molecular complexity index is 1380. The predicted octanol–water partition coefficient (Wildman–Crippen LogP) is 8.73. The number of unbranched alkanes of at least 4 members (excludes halogenated alkanes) is 15. The normalized spacial score (nSPS) is 19.5. The van der Waals surface area contributed by atoms with E-state index in [4.69, 9.17) is 23.8 Å². The van der Waals surface area contributed by atoms with Crippen LogP contribution in [0.1, 0.15) is 175 Å². The van der Waals surface area contributed by atoms with Crippen LogP contribution in [0.25, 0.3) is 0 Å². The van der Waals surface area contributed by atoms with Crippen LogP contribution in [-0.2, 0) is 46.6 Å². The molecule has 0 aromatic rings. The number of carbonyl (C=O) groups is 3. The minimum atomic E-state index is -4.90. The quantitative estimate of drug-likeness (QED) is 0.0145.